The first-order chi connectivity index (χ1) is 14.6. The van der Waals surface area contributed by atoms with Crippen LogP contribution < -0.4 is 15.5 Å². The Kier molecular flexibility index (Phi) is 6.18. The highest BCUT2D eigenvalue weighted by molar-refractivity contribution is 5.99. The number of hydrogen-bond acceptors (Lipinski definition) is 5. The highest BCUT2D eigenvalue weighted by atomic mass is 16.2. The second-order valence-electron chi connectivity index (χ2n) is 7.88. The third kappa shape index (κ3) is 4.74. The molecule has 30 heavy (non-hydrogen) atoms. The lowest BCUT2D eigenvalue weighted by molar-refractivity contribution is -0.128. The Bertz CT molecular complexity index is 863. The van der Waals surface area contributed by atoms with E-state index in [-0.39, 0.29) is 11.9 Å². The van der Waals surface area contributed by atoms with Gasteiger partial charge in [-0.1, -0.05) is 30.3 Å². The van der Waals surface area contributed by atoms with Gasteiger partial charge in [0.25, 0.3) is 5.91 Å². The SMILES string of the molecule is CC(Nc1ccc(N2CCN(Cc3ccccc3)CC2)cc1)C(=O)N1CCNC1=O. The first kappa shape index (κ1) is 20.2. The fourth-order valence-corrected chi connectivity index (χ4v) is 4.00. The van der Waals surface area contributed by atoms with Gasteiger partial charge < -0.3 is 15.5 Å². The van der Waals surface area contributed by atoms with Crippen molar-refractivity contribution in [2.75, 3.05) is 49.5 Å². The molecule has 7 nitrogen and oxygen atoms in total. The first-order valence-corrected chi connectivity index (χ1v) is 10.6. The number of nitrogens with zero attached hydrogens (tertiary/aromatic N) is 3. The van der Waals surface area contributed by atoms with Crippen molar-refractivity contribution in [3.63, 3.8) is 0 Å². The minimum Gasteiger partial charge on any atom is -0.374 e. The number of imide groups is 1. The summed E-state index contributed by atoms with van der Waals surface area (Å²) in [5, 5.41) is 5.86. The average molecular weight is 408 g/mol. The zero-order valence-electron chi connectivity index (χ0n) is 17.4. The van der Waals surface area contributed by atoms with Crippen LogP contribution in [0.5, 0.6) is 0 Å². The number of piperazine rings is 1. The van der Waals surface area contributed by atoms with E-state index in [0.29, 0.717) is 13.1 Å². The van der Waals surface area contributed by atoms with Crippen molar-refractivity contribution >= 4 is 23.3 Å². The lowest BCUT2D eigenvalue weighted by Gasteiger charge is -2.36. The number of rotatable bonds is 6. The molecule has 4 rings (SSSR count). The fraction of sp³-hybridized carbons (Fsp3) is 0.391. The van der Waals surface area contributed by atoms with Crippen LogP contribution >= 0.6 is 0 Å². The molecule has 0 aromatic heterocycles. The first-order valence-electron chi connectivity index (χ1n) is 10.6. The summed E-state index contributed by atoms with van der Waals surface area (Å²) in [7, 11) is 0. The van der Waals surface area contributed by atoms with Gasteiger partial charge in [-0.25, -0.2) is 4.79 Å². The van der Waals surface area contributed by atoms with E-state index < -0.39 is 6.04 Å². The van der Waals surface area contributed by atoms with Crippen molar-refractivity contribution in [1.82, 2.24) is 15.1 Å². The van der Waals surface area contributed by atoms with Gasteiger partial charge in [-0.15, -0.1) is 0 Å². The highest BCUT2D eigenvalue weighted by Gasteiger charge is 2.29. The number of hydrogen-bond donors (Lipinski definition) is 2. The van der Waals surface area contributed by atoms with Gasteiger partial charge in [-0.2, -0.15) is 0 Å². The van der Waals surface area contributed by atoms with Crippen molar-refractivity contribution in [2.45, 2.75) is 19.5 Å². The van der Waals surface area contributed by atoms with Crippen LogP contribution in [-0.2, 0) is 11.3 Å². The maximum atomic E-state index is 12.4. The predicted molar refractivity (Wildman–Crippen MR) is 119 cm³/mol. The van der Waals surface area contributed by atoms with E-state index in [1.807, 2.05) is 12.1 Å². The third-order valence-electron chi connectivity index (χ3n) is 5.73. The molecule has 2 aliphatic heterocycles. The maximum absolute atomic E-state index is 12.4. The Hall–Kier alpha value is -3.06. The van der Waals surface area contributed by atoms with Crippen LogP contribution in [0.4, 0.5) is 16.2 Å². The molecule has 0 spiro atoms. The van der Waals surface area contributed by atoms with E-state index in [1.54, 1.807) is 6.92 Å². The summed E-state index contributed by atoms with van der Waals surface area (Å²) in [6.45, 7) is 7.81. The van der Waals surface area contributed by atoms with Gasteiger partial charge in [0.1, 0.15) is 6.04 Å². The number of nitrogens with one attached hydrogen (secondary N) is 2. The maximum Gasteiger partial charge on any atom is 0.324 e. The number of benzene rings is 2. The Morgan fingerprint density at radius 1 is 1.00 bits per heavy atom. The third-order valence-corrected chi connectivity index (χ3v) is 5.73. The molecule has 2 N–H and O–H groups in total. The zero-order chi connectivity index (χ0) is 20.9. The molecule has 2 saturated heterocycles. The van der Waals surface area contributed by atoms with Gasteiger partial charge in [0, 0.05) is 57.2 Å². The molecule has 1 atom stereocenters. The van der Waals surface area contributed by atoms with Crippen LogP contribution in [0.2, 0.25) is 0 Å². The van der Waals surface area contributed by atoms with Gasteiger partial charge in [0.2, 0.25) is 0 Å². The van der Waals surface area contributed by atoms with E-state index in [1.165, 1.54) is 16.2 Å². The molecular formula is C23H29N5O2. The van der Waals surface area contributed by atoms with Crippen LogP contribution in [0, 0.1) is 0 Å². The number of amides is 3. The summed E-state index contributed by atoms with van der Waals surface area (Å²) in [5.74, 6) is -0.205. The minimum absolute atomic E-state index is 0.205. The molecular weight excluding hydrogens is 378 g/mol. The van der Waals surface area contributed by atoms with Crippen LogP contribution in [-0.4, -0.2) is 67.0 Å². The predicted octanol–water partition coefficient (Wildman–Crippen LogP) is 2.36. The van der Waals surface area contributed by atoms with E-state index in [9.17, 15) is 9.59 Å². The standard InChI is InChI=1S/C23H29N5O2/c1-18(22(29)28-12-11-24-23(28)30)25-20-7-9-21(10-8-20)27-15-13-26(14-16-27)17-19-5-3-2-4-6-19/h2-10,18,25H,11-17H2,1H3,(H,24,30). The van der Waals surface area contributed by atoms with Crippen LogP contribution in [0.25, 0.3) is 0 Å². The molecule has 1 unspecified atom stereocenters. The van der Waals surface area contributed by atoms with Gasteiger partial charge in [0.15, 0.2) is 0 Å². The lowest BCUT2D eigenvalue weighted by atomic mass is 10.2. The van der Waals surface area contributed by atoms with Crippen molar-refractivity contribution in [3.05, 3.63) is 60.2 Å². The topological polar surface area (TPSA) is 67.9 Å². The second kappa shape index (κ2) is 9.17. The molecule has 2 fully saturated rings. The summed E-state index contributed by atoms with van der Waals surface area (Å²) in [6.07, 6.45) is 0. The van der Waals surface area contributed by atoms with Gasteiger partial charge in [-0.3, -0.25) is 14.6 Å². The average Bonchev–Trinajstić information content (AvgIpc) is 3.21. The van der Waals surface area contributed by atoms with Gasteiger partial charge >= 0.3 is 6.03 Å². The zero-order valence-corrected chi connectivity index (χ0v) is 17.4. The number of carbonyl (C=O) groups excluding carboxylic acids is 2. The van der Waals surface area contributed by atoms with Crippen LogP contribution in [0.15, 0.2) is 54.6 Å². The summed E-state index contributed by atoms with van der Waals surface area (Å²) in [6, 6.07) is 18.0. The molecule has 0 saturated carbocycles. The molecule has 7 heteroatoms. The Morgan fingerprint density at radius 2 is 1.70 bits per heavy atom. The minimum atomic E-state index is -0.457. The van der Waals surface area contributed by atoms with Crippen molar-refractivity contribution < 1.29 is 9.59 Å². The smallest absolute Gasteiger partial charge is 0.324 e. The van der Waals surface area contributed by atoms with E-state index >= 15 is 0 Å². The van der Waals surface area contributed by atoms with Crippen LogP contribution in [0.1, 0.15) is 12.5 Å². The number of urea groups is 1. The summed E-state index contributed by atoms with van der Waals surface area (Å²) < 4.78 is 0. The normalized spacial score (nSPS) is 18.2. The van der Waals surface area contributed by atoms with Gasteiger partial charge in [-0.05, 0) is 36.8 Å². The van der Waals surface area contributed by atoms with E-state index in [2.05, 4.69) is 62.9 Å². The molecule has 158 valence electrons. The molecule has 0 bridgehead atoms. The van der Waals surface area contributed by atoms with Crippen molar-refractivity contribution in [3.8, 4) is 0 Å². The van der Waals surface area contributed by atoms with Crippen molar-refractivity contribution in [2.24, 2.45) is 0 Å². The Balaban J connectivity index is 1.27. The quantitative estimate of drug-likeness (QED) is 0.770. The monoisotopic (exact) mass is 407 g/mol. The second-order valence-corrected chi connectivity index (χ2v) is 7.88. The number of carbonyl (C=O) groups is 2. The lowest BCUT2D eigenvalue weighted by Crippen LogP contribution is -2.46. The summed E-state index contributed by atoms with van der Waals surface area (Å²) >= 11 is 0. The Morgan fingerprint density at radius 3 is 2.33 bits per heavy atom. The fourth-order valence-electron chi connectivity index (χ4n) is 4.00. The largest absolute Gasteiger partial charge is 0.374 e. The van der Waals surface area contributed by atoms with Crippen LogP contribution in [0.3, 0.4) is 0 Å². The Labute approximate surface area is 177 Å². The number of anilines is 2. The molecule has 2 heterocycles. The summed E-state index contributed by atoms with van der Waals surface area (Å²) in [4.78, 5) is 30.3. The van der Waals surface area contributed by atoms with Gasteiger partial charge in [0.05, 0.1) is 0 Å². The molecule has 2 aromatic rings. The molecule has 3 amide bonds. The molecule has 0 aliphatic carbocycles. The molecule has 2 aliphatic rings. The molecule has 0 radical (unpaired) electrons. The van der Waals surface area contributed by atoms with Crippen molar-refractivity contribution in [1.29, 1.82) is 0 Å². The summed E-state index contributed by atoms with van der Waals surface area (Å²) in [5.41, 5.74) is 3.43. The molecule has 2 aromatic carbocycles. The highest BCUT2D eigenvalue weighted by Crippen LogP contribution is 2.21. The van der Waals surface area contributed by atoms with E-state index in [4.69, 9.17) is 0 Å². The van der Waals surface area contributed by atoms with E-state index in [0.717, 1.165) is 38.4 Å².